The molecule has 0 aliphatic heterocycles. The maximum absolute atomic E-state index is 12.4. The molecule has 1 aliphatic carbocycles. The summed E-state index contributed by atoms with van der Waals surface area (Å²) in [6.45, 7) is -0.114. The van der Waals surface area contributed by atoms with Crippen molar-refractivity contribution < 1.29 is 9.72 Å². The second-order valence-corrected chi connectivity index (χ2v) is 5.37. The van der Waals surface area contributed by atoms with E-state index < -0.39 is 10.5 Å². The van der Waals surface area contributed by atoms with Crippen LogP contribution < -0.4 is 5.56 Å². The minimum atomic E-state index is -0.567. The van der Waals surface area contributed by atoms with Crippen LogP contribution in [-0.2, 0) is 11.3 Å². The highest BCUT2D eigenvalue weighted by Crippen LogP contribution is 2.25. The van der Waals surface area contributed by atoms with Crippen LogP contribution in [0.3, 0.4) is 0 Å². The average Bonchev–Trinajstić information content (AvgIpc) is 3.33. The molecule has 3 rings (SSSR count). The number of benzene rings is 1. The second-order valence-electron chi connectivity index (χ2n) is 5.37. The molecular formula is C14H14N4O4. The first-order chi connectivity index (χ1) is 10.5. The monoisotopic (exact) mass is 302 g/mol. The normalized spacial score (nSPS) is 14.0. The van der Waals surface area contributed by atoms with Crippen molar-refractivity contribution in [3.63, 3.8) is 0 Å². The van der Waals surface area contributed by atoms with E-state index in [0.717, 1.165) is 12.8 Å². The standard InChI is InChI=1S/C14H14N4O4/c1-16(9-2-3-9)13(19)7-17-8-15-12-5-4-10(18(21)22)6-11(12)14(17)20/h4-6,8-9H,2-3,7H2,1H3. The number of nitro benzene ring substituents is 1. The summed E-state index contributed by atoms with van der Waals surface area (Å²) in [5.41, 5.74) is -0.258. The zero-order valence-corrected chi connectivity index (χ0v) is 11.9. The number of hydrogen-bond donors (Lipinski definition) is 0. The van der Waals surface area contributed by atoms with Gasteiger partial charge in [-0.25, -0.2) is 4.98 Å². The van der Waals surface area contributed by atoms with E-state index in [9.17, 15) is 19.7 Å². The molecular weight excluding hydrogens is 288 g/mol. The van der Waals surface area contributed by atoms with E-state index in [0.29, 0.717) is 5.52 Å². The first-order valence-electron chi connectivity index (χ1n) is 6.86. The van der Waals surface area contributed by atoms with Gasteiger partial charge in [0.2, 0.25) is 5.91 Å². The van der Waals surface area contributed by atoms with Crippen molar-refractivity contribution in [2.24, 2.45) is 0 Å². The third-order valence-corrected chi connectivity index (χ3v) is 3.81. The van der Waals surface area contributed by atoms with Gasteiger partial charge in [0.15, 0.2) is 0 Å². The van der Waals surface area contributed by atoms with Gasteiger partial charge in [-0.05, 0) is 18.9 Å². The molecule has 1 aliphatic rings. The molecule has 8 nitrogen and oxygen atoms in total. The molecule has 0 saturated heterocycles. The quantitative estimate of drug-likeness (QED) is 0.618. The summed E-state index contributed by atoms with van der Waals surface area (Å²) >= 11 is 0. The van der Waals surface area contributed by atoms with Crippen LogP contribution in [0.4, 0.5) is 5.69 Å². The molecule has 0 spiro atoms. The summed E-state index contributed by atoms with van der Waals surface area (Å²) in [5, 5.41) is 10.9. The summed E-state index contributed by atoms with van der Waals surface area (Å²) in [7, 11) is 1.71. The fourth-order valence-electron chi connectivity index (χ4n) is 2.30. The Hall–Kier alpha value is -2.77. The largest absolute Gasteiger partial charge is 0.341 e. The van der Waals surface area contributed by atoms with Crippen molar-refractivity contribution in [3.8, 4) is 0 Å². The van der Waals surface area contributed by atoms with Crippen molar-refractivity contribution >= 4 is 22.5 Å². The van der Waals surface area contributed by atoms with Gasteiger partial charge in [0.25, 0.3) is 11.2 Å². The van der Waals surface area contributed by atoms with Crippen LogP contribution in [0, 0.1) is 10.1 Å². The Balaban J connectivity index is 1.96. The summed E-state index contributed by atoms with van der Waals surface area (Å²) in [5.74, 6) is -0.170. The van der Waals surface area contributed by atoms with Crippen LogP contribution in [0.25, 0.3) is 10.9 Å². The van der Waals surface area contributed by atoms with Crippen LogP contribution in [0.1, 0.15) is 12.8 Å². The fourth-order valence-corrected chi connectivity index (χ4v) is 2.30. The topological polar surface area (TPSA) is 98.3 Å². The highest BCUT2D eigenvalue weighted by atomic mass is 16.6. The van der Waals surface area contributed by atoms with Gasteiger partial charge in [-0.15, -0.1) is 0 Å². The molecule has 0 unspecified atom stereocenters. The minimum Gasteiger partial charge on any atom is -0.341 e. The Bertz CT molecular complexity index is 825. The Morgan fingerprint density at radius 3 is 2.86 bits per heavy atom. The minimum absolute atomic E-state index is 0.114. The number of rotatable bonds is 4. The Labute approximate surface area is 125 Å². The Kier molecular flexibility index (Phi) is 3.36. The molecule has 1 saturated carbocycles. The smallest absolute Gasteiger partial charge is 0.270 e. The van der Waals surface area contributed by atoms with Crippen LogP contribution in [-0.4, -0.2) is 38.4 Å². The first kappa shape index (κ1) is 14.2. The third kappa shape index (κ3) is 2.54. The van der Waals surface area contributed by atoms with Gasteiger partial charge in [-0.3, -0.25) is 24.3 Å². The number of hydrogen-bond acceptors (Lipinski definition) is 5. The maximum Gasteiger partial charge on any atom is 0.270 e. The van der Waals surface area contributed by atoms with E-state index in [4.69, 9.17) is 0 Å². The number of aromatic nitrogens is 2. The molecule has 0 N–H and O–H groups in total. The molecule has 22 heavy (non-hydrogen) atoms. The lowest BCUT2D eigenvalue weighted by Gasteiger charge is -2.16. The molecule has 8 heteroatoms. The number of non-ortho nitro benzene ring substituents is 1. The molecule has 2 aromatic rings. The highest BCUT2D eigenvalue weighted by molar-refractivity contribution is 5.81. The molecule has 114 valence electrons. The van der Waals surface area contributed by atoms with Crippen LogP contribution >= 0.6 is 0 Å². The van der Waals surface area contributed by atoms with E-state index in [2.05, 4.69) is 4.98 Å². The molecule has 1 fully saturated rings. The second kappa shape index (κ2) is 5.21. The molecule has 0 atom stereocenters. The van der Waals surface area contributed by atoms with Gasteiger partial charge in [0, 0.05) is 25.2 Å². The zero-order valence-electron chi connectivity index (χ0n) is 11.9. The van der Waals surface area contributed by atoms with E-state index >= 15 is 0 Å². The summed E-state index contributed by atoms with van der Waals surface area (Å²) in [6, 6.07) is 4.18. The fraction of sp³-hybridized carbons (Fsp3) is 0.357. The lowest BCUT2D eigenvalue weighted by Crippen LogP contribution is -2.35. The van der Waals surface area contributed by atoms with Gasteiger partial charge in [0.05, 0.1) is 22.2 Å². The Morgan fingerprint density at radius 2 is 2.23 bits per heavy atom. The van der Waals surface area contributed by atoms with E-state index in [1.807, 2.05) is 0 Å². The lowest BCUT2D eigenvalue weighted by molar-refractivity contribution is -0.384. The molecule has 1 heterocycles. The lowest BCUT2D eigenvalue weighted by atomic mass is 10.2. The van der Waals surface area contributed by atoms with Gasteiger partial charge >= 0.3 is 0 Å². The average molecular weight is 302 g/mol. The molecule has 1 aromatic heterocycles. The van der Waals surface area contributed by atoms with Crippen LogP contribution in [0.2, 0.25) is 0 Å². The molecule has 0 bridgehead atoms. The molecule has 1 aromatic carbocycles. The number of amides is 1. The number of nitrogens with zero attached hydrogens (tertiary/aromatic N) is 4. The predicted octanol–water partition coefficient (Wildman–Crippen LogP) is 0.925. The maximum atomic E-state index is 12.4. The van der Waals surface area contributed by atoms with Crippen molar-refractivity contribution in [2.45, 2.75) is 25.4 Å². The number of carbonyl (C=O) groups excluding carboxylic acids is 1. The number of likely N-dealkylation sites (N-methyl/N-ethyl adjacent to an activating group) is 1. The number of carbonyl (C=O) groups is 1. The van der Waals surface area contributed by atoms with Crippen molar-refractivity contribution in [3.05, 3.63) is 45.0 Å². The highest BCUT2D eigenvalue weighted by Gasteiger charge is 2.29. The van der Waals surface area contributed by atoms with Gasteiger partial charge < -0.3 is 4.90 Å². The van der Waals surface area contributed by atoms with Crippen molar-refractivity contribution in [2.75, 3.05) is 7.05 Å². The van der Waals surface area contributed by atoms with E-state index in [1.165, 1.54) is 29.1 Å². The van der Waals surface area contributed by atoms with E-state index in [-0.39, 0.29) is 29.6 Å². The summed E-state index contributed by atoms with van der Waals surface area (Å²) in [4.78, 5) is 40.4. The van der Waals surface area contributed by atoms with Gasteiger partial charge in [0.1, 0.15) is 6.54 Å². The first-order valence-corrected chi connectivity index (χ1v) is 6.86. The third-order valence-electron chi connectivity index (χ3n) is 3.81. The summed E-state index contributed by atoms with van der Waals surface area (Å²) in [6.07, 6.45) is 3.27. The molecule has 0 radical (unpaired) electrons. The summed E-state index contributed by atoms with van der Waals surface area (Å²) < 4.78 is 1.19. The number of fused-ring (bicyclic) bond motifs is 1. The zero-order chi connectivity index (χ0) is 15.9. The number of nitro groups is 1. The Morgan fingerprint density at radius 1 is 1.50 bits per heavy atom. The van der Waals surface area contributed by atoms with E-state index in [1.54, 1.807) is 11.9 Å². The van der Waals surface area contributed by atoms with Crippen LogP contribution in [0.15, 0.2) is 29.3 Å². The van der Waals surface area contributed by atoms with Crippen LogP contribution in [0.5, 0.6) is 0 Å². The van der Waals surface area contributed by atoms with Gasteiger partial charge in [-0.1, -0.05) is 0 Å². The predicted molar refractivity (Wildman–Crippen MR) is 78.4 cm³/mol. The molecule has 1 amide bonds. The van der Waals surface area contributed by atoms with Gasteiger partial charge in [-0.2, -0.15) is 0 Å². The van der Waals surface area contributed by atoms with Crippen molar-refractivity contribution in [1.82, 2.24) is 14.5 Å². The SMILES string of the molecule is CN(C(=O)Cn1cnc2ccc([N+](=O)[O-])cc2c1=O)C1CC1. The van der Waals surface area contributed by atoms with Crippen molar-refractivity contribution in [1.29, 1.82) is 0 Å².